The van der Waals surface area contributed by atoms with Crippen LogP contribution < -0.4 is 5.32 Å². The highest BCUT2D eigenvalue weighted by molar-refractivity contribution is 7.91. The highest BCUT2D eigenvalue weighted by Crippen LogP contribution is 2.51. The number of esters is 1. The minimum atomic E-state index is -3.92. The Morgan fingerprint density at radius 2 is 1.65 bits per heavy atom. The highest BCUT2D eigenvalue weighted by Gasteiger charge is 2.72. The van der Waals surface area contributed by atoms with Gasteiger partial charge in [0.1, 0.15) is 24.2 Å². The molecule has 0 unspecified atom stereocenters. The molecule has 3 heterocycles. The number of aryl methyl sites for hydroxylation is 1. The predicted octanol–water partition coefficient (Wildman–Crippen LogP) is 2.47. The summed E-state index contributed by atoms with van der Waals surface area (Å²) in [5.41, 5.74) is 1.06. The molecule has 2 aromatic carbocycles. The Kier molecular flexibility index (Phi) is 7.30. The maximum atomic E-state index is 13.8. The van der Waals surface area contributed by atoms with E-state index in [2.05, 4.69) is 5.32 Å². The Morgan fingerprint density at radius 1 is 0.975 bits per heavy atom. The molecule has 1 N–H and O–H groups in total. The number of rotatable bonds is 7. The second-order valence-electron chi connectivity index (χ2n) is 11.0. The molecule has 0 aliphatic carbocycles. The first-order valence-corrected chi connectivity index (χ1v) is 14.6. The molecule has 0 radical (unpaired) electrons. The van der Waals surface area contributed by atoms with Crippen molar-refractivity contribution in [3.63, 3.8) is 0 Å². The molecule has 3 fully saturated rings. The number of amides is 1. The summed E-state index contributed by atoms with van der Waals surface area (Å²) in [6, 6.07) is 14.3. The van der Waals surface area contributed by atoms with Crippen LogP contribution in [0.4, 0.5) is 0 Å². The molecule has 1 amide bonds. The Hall–Kier alpha value is -2.87. The van der Waals surface area contributed by atoms with Gasteiger partial charge in [-0.3, -0.25) is 4.79 Å². The van der Waals surface area contributed by atoms with Gasteiger partial charge in [0.15, 0.2) is 21.4 Å². The van der Waals surface area contributed by atoms with Gasteiger partial charge in [0.05, 0.1) is 17.1 Å². The largest absolute Gasteiger partial charge is 0.443 e. The van der Waals surface area contributed by atoms with E-state index < -0.39 is 69.4 Å². The van der Waals surface area contributed by atoms with Crippen LogP contribution in [0.5, 0.6) is 0 Å². The first-order chi connectivity index (χ1) is 18.7. The van der Waals surface area contributed by atoms with Crippen LogP contribution in [0.3, 0.4) is 0 Å². The van der Waals surface area contributed by atoms with Crippen LogP contribution in [0.2, 0.25) is 0 Å². The van der Waals surface area contributed by atoms with Gasteiger partial charge in [-0.25, -0.2) is 13.2 Å². The van der Waals surface area contributed by atoms with E-state index in [0.29, 0.717) is 0 Å². The quantitative estimate of drug-likeness (QED) is 0.491. The fraction of sp³-hybridized carbons (Fsp3) is 0.500. The van der Waals surface area contributed by atoms with Crippen LogP contribution in [0.1, 0.15) is 43.6 Å². The summed E-state index contributed by atoms with van der Waals surface area (Å²) in [6.07, 6.45) is -4.22. The van der Waals surface area contributed by atoms with Crippen molar-refractivity contribution in [3.05, 3.63) is 65.7 Å². The van der Waals surface area contributed by atoms with Crippen molar-refractivity contribution in [2.75, 3.05) is 12.5 Å². The molecule has 216 valence electrons. The van der Waals surface area contributed by atoms with Crippen molar-refractivity contribution < 1.29 is 46.4 Å². The van der Waals surface area contributed by atoms with E-state index in [0.717, 1.165) is 5.56 Å². The van der Waals surface area contributed by atoms with Crippen molar-refractivity contribution in [3.8, 4) is 0 Å². The topological polar surface area (TPSA) is 136 Å². The summed E-state index contributed by atoms with van der Waals surface area (Å²) in [5.74, 6) is -6.71. The fourth-order valence-electron chi connectivity index (χ4n) is 5.07. The van der Waals surface area contributed by atoms with Crippen LogP contribution in [-0.4, -0.2) is 74.6 Å². The maximum absolute atomic E-state index is 13.8. The van der Waals surface area contributed by atoms with Gasteiger partial charge in [-0.15, -0.1) is 0 Å². The second-order valence-corrected chi connectivity index (χ2v) is 13.0. The standard InChI is InChI=1S/C28H33NO10S/c1-17-11-13-19(14-12-17)40(32,33)16-29-24(30)23(35-25(31)18-9-7-6-8-10-18)28-22(38-27(4,5)39-28)21-20(36-28)15-34-26(2,3)37-21/h6-14,20-23H,15-16H2,1-5H3,(H,29,30)/t20-,21+,22-,23+,28+/m0/s1. The van der Waals surface area contributed by atoms with E-state index >= 15 is 0 Å². The molecule has 0 spiro atoms. The third-order valence-electron chi connectivity index (χ3n) is 6.88. The van der Waals surface area contributed by atoms with Crippen molar-refractivity contribution in [2.45, 2.75) is 81.3 Å². The average Bonchev–Trinajstić information content (AvgIpc) is 3.33. The molecule has 3 saturated heterocycles. The monoisotopic (exact) mass is 575 g/mol. The SMILES string of the molecule is Cc1ccc(S(=O)(=O)CNC(=O)[C@@H](OC(=O)c2ccccc2)[C@@]23O[C@H]4COC(C)(C)O[C@H]4[C@@H]2OC(C)(C)O3)cc1. The lowest BCUT2D eigenvalue weighted by atomic mass is 9.98. The Balaban J connectivity index is 1.48. The smallest absolute Gasteiger partial charge is 0.339 e. The number of carbonyl (C=O) groups is 2. The molecule has 40 heavy (non-hydrogen) atoms. The summed E-state index contributed by atoms with van der Waals surface area (Å²) in [4.78, 5) is 27.0. The van der Waals surface area contributed by atoms with Crippen LogP contribution in [0, 0.1) is 6.92 Å². The van der Waals surface area contributed by atoms with Gasteiger partial charge in [0.2, 0.25) is 11.9 Å². The van der Waals surface area contributed by atoms with Crippen LogP contribution in [0.25, 0.3) is 0 Å². The van der Waals surface area contributed by atoms with Crippen molar-refractivity contribution in [1.82, 2.24) is 5.32 Å². The van der Waals surface area contributed by atoms with E-state index in [-0.39, 0.29) is 17.1 Å². The normalized spacial score (nSPS) is 29.2. The fourth-order valence-corrected chi connectivity index (χ4v) is 6.12. The van der Waals surface area contributed by atoms with Crippen LogP contribution >= 0.6 is 0 Å². The van der Waals surface area contributed by atoms with Crippen molar-refractivity contribution in [2.24, 2.45) is 0 Å². The number of hydrogen-bond acceptors (Lipinski definition) is 10. The third kappa shape index (κ3) is 5.52. The van der Waals surface area contributed by atoms with E-state index in [1.54, 1.807) is 58.0 Å². The maximum Gasteiger partial charge on any atom is 0.339 e. The average molecular weight is 576 g/mol. The first-order valence-electron chi connectivity index (χ1n) is 12.9. The van der Waals surface area contributed by atoms with Crippen molar-refractivity contribution >= 4 is 21.7 Å². The second kappa shape index (κ2) is 10.2. The zero-order valence-electron chi connectivity index (χ0n) is 22.9. The number of sulfone groups is 1. The molecule has 5 atom stereocenters. The Bertz CT molecular complexity index is 1380. The van der Waals surface area contributed by atoms with E-state index in [1.807, 2.05) is 6.92 Å². The molecule has 12 heteroatoms. The minimum Gasteiger partial charge on any atom is -0.443 e. The van der Waals surface area contributed by atoms with Crippen LogP contribution in [0.15, 0.2) is 59.5 Å². The number of ether oxygens (including phenoxy) is 6. The molecular weight excluding hydrogens is 542 g/mol. The summed E-state index contributed by atoms with van der Waals surface area (Å²) in [5, 5.41) is 2.41. The molecule has 5 rings (SSSR count). The zero-order chi connectivity index (χ0) is 28.9. The van der Waals surface area contributed by atoms with Crippen molar-refractivity contribution in [1.29, 1.82) is 0 Å². The van der Waals surface area contributed by atoms with Gasteiger partial charge in [-0.2, -0.15) is 0 Å². The zero-order valence-corrected chi connectivity index (χ0v) is 23.7. The van der Waals surface area contributed by atoms with Gasteiger partial charge >= 0.3 is 5.97 Å². The number of fused-ring (bicyclic) bond motifs is 3. The number of hydrogen-bond donors (Lipinski definition) is 1. The minimum absolute atomic E-state index is 0.0322. The predicted molar refractivity (Wildman–Crippen MR) is 140 cm³/mol. The third-order valence-corrected chi connectivity index (χ3v) is 8.40. The van der Waals surface area contributed by atoms with Crippen LogP contribution in [-0.2, 0) is 43.1 Å². The molecule has 2 aromatic rings. The molecule has 0 bridgehead atoms. The van der Waals surface area contributed by atoms with Gasteiger partial charge in [-0.1, -0.05) is 35.9 Å². The van der Waals surface area contributed by atoms with Gasteiger partial charge in [0.25, 0.3) is 5.91 Å². The summed E-state index contributed by atoms with van der Waals surface area (Å²) in [6.45, 7) is 8.67. The van der Waals surface area contributed by atoms with Gasteiger partial charge in [-0.05, 0) is 58.9 Å². The molecular formula is C28H33NO10S. The molecule has 0 saturated carbocycles. The number of benzene rings is 2. The van der Waals surface area contributed by atoms with Gasteiger partial charge in [0, 0.05) is 0 Å². The van der Waals surface area contributed by atoms with E-state index in [1.165, 1.54) is 24.3 Å². The number of carbonyl (C=O) groups excluding carboxylic acids is 2. The van der Waals surface area contributed by atoms with Gasteiger partial charge < -0.3 is 33.7 Å². The number of nitrogens with one attached hydrogen (secondary N) is 1. The molecule has 3 aliphatic heterocycles. The lowest BCUT2D eigenvalue weighted by molar-refractivity contribution is -0.333. The molecule has 0 aromatic heterocycles. The lowest BCUT2D eigenvalue weighted by Gasteiger charge is -2.38. The molecule has 11 nitrogen and oxygen atoms in total. The Morgan fingerprint density at radius 3 is 2.33 bits per heavy atom. The lowest BCUT2D eigenvalue weighted by Crippen LogP contribution is -2.59. The first kappa shape index (κ1) is 28.7. The summed E-state index contributed by atoms with van der Waals surface area (Å²) < 4.78 is 62.2. The van der Waals surface area contributed by atoms with E-state index in [9.17, 15) is 18.0 Å². The summed E-state index contributed by atoms with van der Waals surface area (Å²) >= 11 is 0. The summed E-state index contributed by atoms with van der Waals surface area (Å²) in [7, 11) is -3.92. The Labute approximate surface area is 232 Å². The molecule has 3 aliphatic rings. The highest BCUT2D eigenvalue weighted by atomic mass is 32.2. The van der Waals surface area contributed by atoms with E-state index in [4.69, 9.17) is 28.4 Å².